The Hall–Kier alpha value is -2.98. The van der Waals surface area contributed by atoms with Crippen LogP contribution in [0.2, 0.25) is 0 Å². The third-order valence-electron chi connectivity index (χ3n) is 8.30. The highest BCUT2D eigenvalue weighted by Crippen LogP contribution is 2.37. The Kier molecular flexibility index (Phi) is 9.60. The van der Waals surface area contributed by atoms with Crippen LogP contribution in [-0.4, -0.2) is 44.8 Å². The number of ether oxygens (including phenoxy) is 2. The molecule has 3 aromatic carbocycles. The first-order chi connectivity index (χ1) is 18.8. The quantitative estimate of drug-likeness (QED) is 0.274. The zero-order valence-electron chi connectivity index (χ0n) is 23.1. The molecule has 1 fully saturated rings. The molecule has 0 bridgehead atoms. The molecule has 5 rings (SSSR count). The Bertz CT molecular complexity index is 1140. The Labute approximate surface area is 229 Å². The van der Waals surface area contributed by atoms with E-state index in [1.54, 1.807) is 7.11 Å². The summed E-state index contributed by atoms with van der Waals surface area (Å²) in [6.07, 6.45) is 11.0. The van der Waals surface area contributed by atoms with E-state index in [0.717, 1.165) is 56.9 Å². The minimum Gasteiger partial charge on any atom is -0.497 e. The van der Waals surface area contributed by atoms with Gasteiger partial charge in [-0.1, -0.05) is 49.2 Å². The molecule has 0 spiro atoms. The third-order valence-corrected chi connectivity index (χ3v) is 8.30. The number of fused-ring (bicyclic) bond motifs is 1. The lowest BCUT2D eigenvalue weighted by atomic mass is 9.79. The van der Waals surface area contributed by atoms with E-state index in [0.29, 0.717) is 5.92 Å². The van der Waals surface area contributed by atoms with Gasteiger partial charge < -0.3 is 14.8 Å². The summed E-state index contributed by atoms with van der Waals surface area (Å²) in [7, 11) is 1.75. The van der Waals surface area contributed by atoms with Gasteiger partial charge in [0.1, 0.15) is 18.1 Å². The van der Waals surface area contributed by atoms with Gasteiger partial charge in [-0.2, -0.15) is 0 Å². The lowest BCUT2D eigenvalue weighted by molar-refractivity contribution is 0.214. The van der Waals surface area contributed by atoms with Crippen LogP contribution in [0, 0.1) is 0 Å². The van der Waals surface area contributed by atoms with Crippen molar-refractivity contribution in [2.45, 2.75) is 63.7 Å². The lowest BCUT2D eigenvalue weighted by Crippen LogP contribution is -2.29. The van der Waals surface area contributed by atoms with E-state index in [4.69, 9.17) is 9.47 Å². The van der Waals surface area contributed by atoms with Crippen LogP contribution in [-0.2, 0) is 19.3 Å². The van der Waals surface area contributed by atoms with Crippen molar-refractivity contribution in [3.63, 3.8) is 0 Å². The van der Waals surface area contributed by atoms with Crippen LogP contribution in [0.1, 0.15) is 66.7 Å². The SMILES string of the molecule is COc1ccc2c(c1)CCC(c1ccccc1NCCCc1ccc(OCCN3CCCCCC3)cc1)C2. The number of likely N-dealkylation sites (tertiary alicyclic amines) is 1. The molecule has 4 heteroatoms. The number of anilines is 1. The molecule has 1 heterocycles. The van der Waals surface area contributed by atoms with Crippen LogP contribution in [0.15, 0.2) is 66.7 Å². The largest absolute Gasteiger partial charge is 0.497 e. The fourth-order valence-corrected chi connectivity index (χ4v) is 6.06. The molecule has 0 amide bonds. The smallest absolute Gasteiger partial charge is 0.119 e. The van der Waals surface area contributed by atoms with Crippen molar-refractivity contribution in [3.05, 3.63) is 89.0 Å². The lowest BCUT2D eigenvalue weighted by Gasteiger charge is -2.27. The molecule has 1 saturated heterocycles. The first-order valence-corrected chi connectivity index (χ1v) is 14.7. The highest BCUT2D eigenvalue weighted by atomic mass is 16.5. The van der Waals surface area contributed by atoms with E-state index in [1.807, 2.05) is 0 Å². The van der Waals surface area contributed by atoms with Gasteiger partial charge in [0.2, 0.25) is 0 Å². The molecule has 2 aliphatic rings. The average molecular weight is 513 g/mol. The van der Waals surface area contributed by atoms with Gasteiger partial charge in [0.05, 0.1) is 7.11 Å². The summed E-state index contributed by atoms with van der Waals surface area (Å²) in [5, 5.41) is 3.75. The molecule has 1 aliphatic carbocycles. The normalized spacial score (nSPS) is 17.9. The summed E-state index contributed by atoms with van der Waals surface area (Å²) in [5.74, 6) is 2.52. The summed E-state index contributed by atoms with van der Waals surface area (Å²) in [5.41, 5.74) is 7.03. The van der Waals surface area contributed by atoms with E-state index in [9.17, 15) is 0 Å². The van der Waals surface area contributed by atoms with E-state index in [1.165, 1.54) is 73.1 Å². The number of rotatable bonds is 11. The van der Waals surface area contributed by atoms with Crippen molar-refractivity contribution in [1.29, 1.82) is 0 Å². The van der Waals surface area contributed by atoms with E-state index in [2.05, 4.69) is 76.9 Å². The Morgan fingerprint density at radius 3 is 2.47 bits per heavy atom. The standard InChI is InChI=1S/C34H44N2O2/c1-37-32-19-16-28-25-30(15-14-29(28)26-32)33-10-4-5-11-34(33)35-20-8-9-27-12-17-31(18-13-27)38-24-23-36-21-6-2-3-7-22-36/h4-5,10-13,16-19,26,30,35H,2-3,6-9,14-15,20-25H2,1H3. The van der Waals surface area contributed by atoms with Gasteiger partial charge in [-0.15, -0.1) is 0 Å². The zero-order chi connectivity index (χ0) is 26.0. The second-order valence-corrected chi connectivity index (χ2v) is 10.9. The van der Waals surface area contributed by atoms with Gasteiger partial charge in [-0.3, -0.25) is 4.90 Å². The minimum absolute atomic E-state index is 0.562. The maximum atomic E-state index is 6.03. The van der Waals surface area contributed by atoms with Crippen molar-refractivity contribution in [2.24, 2.45) is 0 Å². The molecule has 0 radical (unpaired) electrons. The van der Waals surface area contributed by atoms with Crippen molar-refractivity contribution >= 4 is 5.69 Å². The van der Waals surface area contributed by atoms with Gasteiger partial charge in [0.25, 0.3) is 0 Å². The second-order valence-electron chi connectivity index (χ2n) is 10.9. The second kappa shape index (κ2) is 13.7. The topological polar surface area (TPSA) is 33.7 Å². The number of methoxy groups -OCH3 is 1. The van der Waals surface area contributed by atoms with Gasteiger partial charge in [0.15, 0.2) is 0 Å². The summed E-state index contributed by atoms with van der Waals surface area (Å²) in [4.78, 5) is 2.55. The number of nitrogens with one attached hydrogen (secondary N) is 1. The van der Waals surface area contributed by atoms with Crippen LogP contribution < -0.4 is 14.8 Å². The van der Waals surface area contributed by atoms with Crippen LogP contribution in [0.5, 0.6) is 11.5 Å². The van der Waals surface area contributed by atoms with Crippen LogP contribution in [0.3, 0.4) is 0 Å². The molecule has 1 aliphatic heterocycles. The highest BCUT2D eigenvalue weighted by Gasteiger charge is 2.22. The van der Waals surface area contributed by atoms with Gasteiger partial charge in [-0.05, 0) is 117 Å². The molecule has 1 unspecified atom stereocenters. The van der Waals surface area contributed by atoms with Crippen molar-refractivity contribution in [3.8, 4) is 11.5 Å². The Morgan fingerprint density at radius 1 is 0.868 bits per heavy atom. The molecule has 38 heavy (non-hydrogen) atoms. The average Bonchev–Trinajstić information content (AvgIpc) is 3.25. The Morgan fingerprint density at radius 2 is 1.66 bits per heavy atom. The van der Waals surface area contributed by atoms with E-state index in [-0.39, 0.29) is 0 Å². The first kappa shape index (κ1) is 26.6. The molecule has 3 aromatic rings. The number of hydrogen-bond donors (Lipinski definition) is 1. The molecule has 202 valence electrons. The highest BCUT2D eigenvalue weighted by molar-refractivity contribution is 5.54. The van der Waals surface area contributed by atoms with Gasteiger partial charge >= 0.3 is 0 Å². The van der Waals surface area contributed by atoms with Crippen molar-refractivity contribution in [1.82, 2.24) is 4.90 Å². The Balaban J connectivity index is 1.06. The fourth-order valence-electron chi connectivity index (χ4n) is 6.06. The zero-order valence-corrected chi connectivity index (χ0v) is 23.1. The molecular weight excluding hydrogens is 468 g/mol. The summed E-state index contributed by atoms with van der Waals surface area (Å²) < 4.78 is 11.5. The van der Waals surface area contributed by atoms with E-state index >= 15 is 0 Å². The third kappa shape index (κ3) is 7.32. The molecule has 0 aromatic heterocycles. The number of para-hydroxylation sites is 1. The fraction of sp³-hybridized carbons (Fsp3) is 0.471. The predicted molar refractivity (Wildman–Crippen MR) is 158 cm³/mol. The summed E-state index contributed by atoms with van der Waals surface area (Å²) in [6.45, 7) is 5.25. The molecule has 0 saturated carbocycles. The van der Waals surface area contributed by atoms with Gasteiger partial charge in [0, 0.05) is 18.8 Å². The van der Waals surface area contributed by atoms with Gasteiger partial charge in [-0.25, -0.2) is 0 Å². The summed E-state index contributed by atoms with van der Waals surface area (Å²) in [6, 6.07) is 24.2. The van der Waals surface area contributed by atoms with Crippen LogP contribution in [0.25, 0.3) is 0 Å². The first-order valence-electron chi connectivity index (χ1n) is 14.7. The van der Waals surface area contributed by atoms with Crippen LogP contribution >= 0.6 is 0 Å². The maximum Gasteiger partial charge on any atom is 0.119 e. The minimum atomic E-state index is 0.562. The van der Waals surface area contributed by atoms with Crippen molar-refractivity contribution in [2.75, 3.05) is 45.2 Å². The molecule has 4 nitrogen and oxygen atoms in total. The van der Waals surface area contributed by atoms with Crippen molar-refractivity contribution < 1.29 is 9.47 Å². The molecule has 1 atom stereocenters. The number of aryl methyl sites for hydroxylation is 2. The summed E-state index contributed by atoms with van der Waals surface area (Å²) >= 11 is 0. The predicted octanol–water partition coefficient (Wildman–Crippen LogP) is 7.27. The maximum absolute atomic E-state index is 6.03. The number of nitrogens with zero attached hydrogens (tertiary/aromatic N) is 1. The van der Waals surface area contributed by atoms with E-state index < -0.39 is 0 Å². The van der Waals surface area contributed by atoms with Crippen LogP contribution in [0.4, 0.5) is 5.69 Å². The number of benzene rings is 3. The number of hydrogen-bond acceptors (Lipinski definition) is 4. The molecule has 1 N–H and O–H groups in total. The molecular formula is C34H44N2O2. The monoisotopic (exact) mass is 512 g/mol.